The number of rotatable bonds is 4. The zero-order valence-electron chi connectivity index (χ0n) is 10.1. The number of amides is 1. The van der Waals surface area contributed by atoms with Crippen LogP contribution in [0.15, 0.2) is 22.7 Å². The third kappa shape index (κ3) is 3.51. The van der Waals surface area contributed by atoms with Crippen LogP contribution in [0.5, 0.6) is 0 Å². The molecule has 3 N–H and O–H groups in total. The highest BCUT2D eigenvalue weighted by molar-refractivity contribution is 9.10. The van der Waals surface area contributed by atoms with Crippen LogP contribution in [0.4, 0.5) is 4.39 Å². The molecule has 0 spiro atoms. The summed E-state index contributed by atoms with van der Waals surface area (Å²) < 4.78 is 13.6. The minimum Gasteiger partial charge on any atom is -0.368 e. The van der Waals surface area contributed by atoms with E-state index in [9.17, 15) is 9.18 Å². The van der Waals surface area contributed by atoms with E-state index in [0.29, 0.717) is 4.47 Å². The fraction of sp³-hybridized carbons (Fsp3) is 0.417. The lowest BCUT2D eigenvalue weighted by atomic mass is 10.0. The zero-order chi connectivity index (χ0) is 13.2. The number of primary amides is 1. The van der Waals surface area contributed by atoms with Gasteiger partial charge >= 0.3 is 0 Å². The second-order valence-electron chi connectivity index (χ2n) is 4.52. The van der Waals surface area contributed by atoms with Crippen LogP contribution in [0.1, 0.15) is 32.4 Å². The molecule has 0 aromatic heterocycles. The molecule has 17 heavy (non-hydrogen) atoms. The Bertz CT molecular complexity index is 435. The molecule has 1 atom stereocenters. The number of halogens is 2. The molecule has 0 saturated heterocycles. The Morgan fingerprint density at radius 1 is 1.53 bits per heavy atom. The van der Waals surface area contributed by atoms with E-state index in [1.54, 1.807) is 19.9 Å². The fourth-order valence-electron chi connectivity index (χ4n) is 1.54. The van der Waals surface area contributed by atoms with Crippen molar-refractivity contribution in [3.8, 4) is 0 Å². The molecule has 0 aliphatic rings. The molecule has 0 bridgehead atoms. The maximum Gasteiger partial charge on any atom is 0.237 e. The van der Waals surface area contributed by atoms with E-state index in [-0.39, 0.29) is 11.9 Å². The minimum absolute atomic E-state index is 0.118. The second-order valence-corrected chi connectivity index (χ2v) is 5.38. The maximum absolute atomic E-state index is 13.0. The molecular formula is C12H16BrFN2O. The lowest BCUT2D eigenvalue weighted by Gasteiger charge is -2.27. The Kier molecular flexibility index (Phi) is 4.27. The number of nitrogens with two attached hydrogens (primary N) is 1. The van der Waals surface area contributed by atoms with Crippen LogP contribution in [0.25, 0.3) is 0 Å². The van der Waals surface area contributed by atoms with E-state index < -0.39 is 11.4 Å². The van der Waals surface area contributed by atoms with Gasteiger partial charge in [-0.3, -0.25) is 10.1 Å². The monoisotopic (exact) mass is 302 g/mol. The predicted octanol–water partition coefficient (Wildman–Crippen LogP) is 2.50. The lowest BCUT2D eigenvalue weighted by molar-refractivity contribution is -0.123. The van der Waals surface area contributed by atoms with Gasteiger partial charge in [0.1, 0.15) is 5.82 Å². The van der Waals surface area contributed by atoms with Crippen LogP contribution < -0.4 is 11.1 Å². The molecule has 3 nitrogen and oxygen atoms in total. The smallest absolute Gasteiger partial charge is 0.237 e. The third-order valence-corrected chi connectivity index (χ3v) is 3.31. The lowest BCUT2D eigenvalue weighted by Crippen LogP contribution is -2.51. The van der Waals surface area contributed by atoms with E-state index in [0.717, 1.165) is 5.56 Å². The van der Waals surface area contributed by atoms with Gasteiger partial charge in [-0.15, -0.1) is 0 Å². The average molecular weight is 303 g/mol. The first-order chi connectivity index (χ1) is 7.74. The third-order valence-electron chi connectivity index (χ3n) is 2.62. The van der Waals surface area contributed by atoms with E-state index >= 15 is 0 Å². The summed E-state index contributed by atoms with van der Waals surface area (Å²) in [6.45, 7) is 5.31. The Morgan fingerprint density at radius 3 is 2.59 bits per heavy atom. The fourth-order valence-corrected chi connectivity index (χ4v) is 2.24. The van der Waals surface area contributed by atoms with Crippen molar-refractivity contribution in [2.75, 3.05) is 0 Å². The molecule has 5 heteroatoms. The first kappa shape index (κ1) is 14.1. The molecule has 94 valence electrons. The second kappa shape index (κ2) is 5.14. The zero-order valence-corrected chi connectivity index (χ0v) is 11.6. The van der Waals surface area contributed by atoms with Crippen molar-refractivity contribution in [1.29, 1.82) is 0 Å². The van der Waals surface area contributed by atoms with E-state index in [2.05, 4.69) is 21.2 Å². The van der Waals surface area contributed by atoms with Gasteiger partial charge in [-0.2, -0.15) is 0 Å². The number of benzene rings is 1. The summed E-state index contributed by atoms with van der Waals surface area (Å²) in [6, 6.07) is 4.33. The highest BCUT2D eigenvalue weighted by Gasteiger charge is 2.27. The summed E-state index contributed by atoms with van der Waals surface area (Å²) >= 11 is 3.30. The normalized spacial score (nSPS) is 13.5. The van der Waals surface area contributed by atoms with Crippen molar-refractivity contribution >= 4 is 21.8 Å². The van der Waals surface area contributed by atoms with E-state index in [4.69, 9.17) is 5.73 Å². The van der Waals surface area contributed by atoms with Crippen molar-refractivity contribution in [2.45, 2.75) is 32.4 Å². The summed E-state index contributed by atoms with van der Waals surface area (Å²) in [6.07, 6.45) is 0. The van der Waals surface area contributed by atoms with Crippen molar-refractivity contribution < 1.29 is 9.18 Å². The number of hydrogen-bond donors (Lipinski definition) is 2. The first-order valence-electron chi connectivity index (χ1n) is 5.26. The molecule has 0 radical (unpaired) electrons. The Labute approximate surface area is 109 Å². The molecule has 1 aromatic carbocycles. The van der Waals surface area contributed by atoms with Gasteiger partial charge in [0.25, 0.3) is 0 Å². The molecular weight excluding hydrogens is 287 g/mol. The minimum atomic E-state index is -0.812. The van der Waals surface area contributed by atoms with E-state index in [1.165, 1.54) is 12.1 Å². The number of hydrogen-bond acceptors (Lipinski definition) is 2. The Hall–Kier alpha value is -0.940. The molecule has 1 aromatic rings. The summed E-state index contributed by atoms with van der Waals surface area (Å²) in [5.74, 6) is -0.732. The van der Waals surface area contributed by atoms with Gasteiger partial charge in [0.15, 0.2) is 0 Å². The van der Waals surface area contributed by atoms with Crippen LogP contribution in [-0.4, -0.2) is 11.4 Å². The van der Waals surface area contributed by atoms with Crippen molar-refractivity contribution in [3.63, 3.8) is 0 Å². The quantitative estimate of drug-likeness (QED) is 0.898. The molecule has 1 rings (SSSR count). The van der Waals surface area contributed by atoms with Crippen LogP contribution in [-0.2, 0) is 4.79 Å². The van der Waals surface area contributed by atoms with Gasteiger partial charge in [0.05, 0.1) is 5.54 Å². The number of carbonyl (C=O) groups is 1. The van der Waals surface area contributed by atoms with Crippen LogP contribution in [0.3, 0.4) is 0 Å². The maximum atomic E-state index is 13.0. The molecule has 0 fully saturated rings. The van der Waals surface area contributed by atoms with Crippen LogP contribution in [0.2, 0.25) is 0 Å². The summed E-state index contributed by atoms with van der Waals surface area (Å²) in [4.78, 5) is 11.2. The number of nitrogens with one attached hydrogen (secondary N) is 1. The molecule has 1 amide bonds. The molecule has 0 aliphatic heterocycles. The molecule has 0 saturated carbocycles. The Balaban J connectivity index is 2.90. The van der Waals surface area contributed by atoms with Crippen LogP contribution in [0, 0.1) is 5.82 Å². The summed E-state index contributed by atoms with van der Waals surface area (Å²) in [5.41, 5.74) is 5.35. The van der Waals surface area contributed by atoms with Crippen molar-refractivity contribution in [1.82, 2.24) is 5.32 Å². The van der Waals surface area contributed by atoms with Gasteiger partial charge in [-0.05, 0) is 38.5 Å². The summed E-state index contributed by atoms with van der Waals surface area (Å²) in [5, 5.41) is 3.11. The standard InChI is InChI=1S/C12H16BrFN2O/c1-7(16-12(2,3)11(15)17)9-5-4-8(14)6-10(9)13/h4-7,16H,1-3H3,(H2,15,17). The van der Waals surface area contributed by atoms with Crippen molar-refractivity contribution in [2.24, 2.45) is 5.73 Å². The highest BCUT2D eigenvalue weighted by Crippen LogP contribution is 2.25. The Morgan fingerprint density at radius 2 is 2.12 bits per heavy atom. The SMILES string of the molecule is CC(NC(C)(C)C(N)=O)c1ccc(F)cc1Br. The first-order valence-corrected chi connectivity index (χ1v) is 6.06. The molecule has 1 unspecified atom stereocenters. The van der Waals surface area contributed by atoms with Gasteiger partial charge in [-0.1, -0.05) is 22.0 Å². The highest BCUT2D eigenvalue weighted by atomic mass is 79.9. The van der Waals surface area contributed by atoms with Gasteiger partial charge in [0, 0.05) is 10.5 Å². The summed E-state index contributed by atoms with van der Waals surface area (Å²) in [7, 11) is 0. The van der Waals surface area contributed by atoms with Gasteiger partial charge in [0.2, 0.25) is 5.91 Å². The topological polar surface area (TPSA) is 55.1 Å². The van der Waals surface area contributed by atoms with E-state index in [1.807, 2.05) is 6.92 Å². The molecule has 0 heterocycles. The molecule has 0 aliphatic carbocycles. The van der Waals surface area contributed by atoms with Crippen LogP contribution >= 0.6 is 15.9 Å². The van der Waals surface area contributed by atoms with Crippen molar-refractivity contribution in [3.05, 3.63) is 34.1 Å². The average Bonchev–Trinajstić information content (AvgIpc) is 2.15. The largest absolute Gasteiger partial charge is 0.368 e. The van der Waals surface area contributed by atoms with Gasteiger partial charge < -0.3 is 5.73 Å². The van der Waals surface area contributed by atoms with Gasteiger partial charge in [-0.25, -0.2) is 4.39 Å². The number of carbonyl (C=O) groups excluding carboxylic acids is 1. The predicted molar refractivity (Wildman–Crippen MR) is 68.9 cm³/mol.